The molecule has 2 aromatic rings. The number of carbonyl (C=O) groups is 1. The third-order valence-electron chi connectivity index (χ3n) is 5.26. The van der Waals surface area contributed by atoms with E-state index in [9.17, 15) is 28.1 Å². The smallest absolute Gasteiger partial charge is 0.433 e. The average molecular weight is 514 g/mol. The number of carbonyl (C=O) groups excluding carboxylic acids is 1. The number of nitrogen functional groups attached to an aromatic ring is 1. The maximum Gasteiger partial charge on any atom is 0.433 e. The summed E-state index contributed by atoms with van der Waals surface area (Å²) < 4.78 is 54.5. The first-order valence-corrected chi connectivity index (χ1v) is 11.0. The third-order valence-corrected chi connectivity index (χ3v) is 5.26. The lowest BCUT2D eigenvalue weighted by Crippen LogP contribution is -2.32. The number of aromatic nitrogens is 3. The summed E-state index contributed by atoms with van der Waals surface area (Å²) in [4.78, 5) is 35.8. The lowest BCUT2D eigenvalue weighted by atomic mass is 10.0. The van der Waals surface area contributed by atoms with E-state index in [0.29, 0.717) is 13.2 Å². The van der Waals surface area contributed by atoms with Crippen molar-refractivity contribution in [3.05, 3.63) is 39.7 Å². The van der Waals surface area contributed by atoms with Gasteiger partial charge in [0, 0.05) is 26.0 Å². The number of hydrogen-bond donors (Lipinski definition) is 1. The second-order valence-electron chi connectivity index (χ2n) is 7.90. The summed E-state index contributed by atoms with van der Waals surface area (Å²) in [6, 6.07) is 1.68. The summed E-state index contributed by atoms with van der Waals surface area (Å²) in [7, 11) is 0. The summed E-state index contributed by atoms with van der Waals surface area (Å²) in [6.07, 6.45) is -2.17. The van der Waals surface area contributed by atoms with Crippen LogP contribution >= 0.6 is 0 Å². The molecule has 2 aromatic heterocycles. The molecule has 12 nitrogen and oxygen atoms in total. The van der Waals surface area contributed by atoms with Gasteiger partial charge >= 0.3 is 23.8 Å². The Morgan fingerprint density at radius 3 is 2.61 bits per heavy atom. The van der Waals surface area contributed by atoms with Crippen LogP contribution in [-0.2, 0) is 27.0 Å². The van der Waals surface area contributed by atoms with E-state index in [2.05, 4.69) is 15.0 Å². The van der Waals surface area contributed by atoms with Crippen molar-refractivity contribution in [3.8, 4) is 6.01 Å². The van der Waals surface area contributed by atoms with Gasteiger partial charge < -0.3 is 24.8 Å². The van der Waals surface area contributed by atoms with Gasteiger partial charge in [0.1, 0.15) is 12.2 Å². The molecule has 1 fully saturated rings. The molecular formula is C21H25F3N6O6. The molecular weight excluding hydrogens is 489 g/mol. The maximum atomic E-state index is 12.9. The monoisotopic (exact) mass is 514 g/mol. The summed E-state index contributed by atoms with van der Waals surface area (Å²) in [5, 5.41) is 11.8. The summed E-state index contributed by atoms with van der Waals surface area (Å²) in [5.41, 5.74) is 4.28. The number of nitrogens with zero attached hydrogens (tertiary/aromatic N) is 5. The Morgan fingerprint density at radius 1 is 1.31 bits per heavy atom. The van der Waals surface area contributed by atoms with Gasteiger partial charge in [-0.05, 0) is 37.3 Å². The van der Waals surface area contributed by atoms with Crippen LogP contribution in [0.5, 0.6) is 6.01 Å². The number of nitro groups is 1. The van der Waals surface area contributed by atoms with Crippen LogP contribution in [0.2, 0.25) is 0 Å². The number of esters is 1. The SMILES string of the molecule is CCOC(=O)CN(Cc1ccc(C(F)(F)F)nc1)c1nc(OCC2CCOCC2)nc(N)c1[N+](=O)[O-]. The molecule has 0 saturated carbocycles. The van der Waals surface area contributed by atoms with E-state index in [1.165, 1.54) is 0 Å². The minimum Gasteiger partial charge on any atom is -0.465 e. The molecule has 0 bridgehead atoms. The number of anilines is 2. The Morgan fingerprint density at radius 2 is 2.03 bits per heavy atom. The fourth-order valence-electron chi connectivity index (χ4n) is 3.48. The zero-order valence-corrected chi connectivity index (χ0v) is 19.4. The quantitative estimate of drug-likeness (QED) is 0.282. The Kier molecular flexibility index (Phi) is 8.79. The highest BCUT2D eigenvalue weighted by Crippen LogP contribution is 2.34. The van der Waals surface area contributed by atoms with E-state index in [1.54, 1.807) is 6.92 Å². The minimum absolute atomic E-state index is 0.0436. The van der Waals surface area contributed by atoms with E-state index in [1.807, 2.05) is 0 Å². The first-order valence-electron chi connectivity index (χ1n) is 11.0. The summed E-state index contributed by atoms with van der Waals surface area (Å²) in [6.45, 7) is 2.23. The van der Waals surface area contributed by atoms with Gasteiger partial charge in [-0.3, -0.25) is 19.9 Å². The largest absolute Gasteiger partial charge is 0.465 e. The van der Waals surface area contributed by atoms with Crippen LogP contribution in [-0.4, -0.2) is 58.8 Å². The summed E-state index contributed by atoms with van der Waals surface area (Å²) >= 11 is 0. The van der Waals surface area contributed by atoms with Gasteiger partial charge in [0.2, 0.25) is 11.6 Å². The number of halogens is 3. The molecule has 3 rings (SSSR count). The molecule has 0 aliphatic carbocycles. The molecule has 3 heterocycles. The molecule has 2 N–H and O–H groups in total. The molecule has 1 aliphatic heterocycles. The molecule has 196 valence electrons. The van der Waals surface area contributed by atoms with E-state index in [0.717, 1.165) is 36.1 Å². The number of alkyl halides is 3. The van der Waals surface area contributed by atoms with E-state index >= 15 is 0 Å². The van der Waals surface area contributed by atoms with Crippen molar-refractivity contribution >= 4 is 23.3 Å². The predicted molar refractivity (Wildman–Crippen MR) is 119 cm³/mol. The first-order chi connectivity index (χ1) is 17.1. The normalized spacial score (nSPS) is 14.3. The van der Waals surface area contributed by atoms with Gasteiger partial charge in [0.25, 0.3) is 0 Å². The minimum atomic E-state index is -4.64. The van der Waals surface area contributed by atoms with Gasteiger partial charge in [0.15, 0.2) is 0 Å². The van der Waals surface area contributed by atoms with Crippen LogP contribution in [0.4, 0.5) is 30.5 Å². The fraction of sp³-hybridized carbons (Fsp3) is 0.524. The highest BCUT2D eigenvalue weighted by atomic mass is 19.4. The van der Waals surface area contributed by atoms with E-state index < -0.39 is 40.8 Å². The Bertz CT molecular complexity index is 1060. The van der Waals surface area contributed by atoms with E-state index in [-0.39, 0.29) is 43.1 Å². The van der Waals surface area contributed by atoms with Gasteiger partial charge in [-0.25, -0.2) is 0 Å². The van der Waals surface area contributed by atoms with Crippen LogP contribution in [0.3, 0.4) is 0 Å². The van der Waals surface area contributed by atoms with Gasteiger partial charge in [-0.2, -0.15) is 23.1 Å². The number of hydrogen-bond acceptors (Lipinski definition) is 11. The van der Waals surface area contributed by atoms with Crippen molar-refractivity contribution in [3.63, 3.8) is 0 Å². The second kappa shape index (κ2) is 11.8. The Balaban J connectivity index is 1.94. The van der Waals surface area contributed by atoms with Crippen molar-refractivity contribution in [2.75, 3.05) is 43.6 Å². The van der Waals surface area contributed by atoms with Crippen molar-refractivity contribution in [2.24, 2.45) is 5.92 Å². The first kappa shape index (κ1) is 26.8. The van der Waals surface area contributed by atoms with Crippen LogP contribution in [0.1, 0.15) is 31.0 Å². The van der Waals surface area contributed by atoms with Crippen molar-refractivity contribution in [2.45, 2.75) is 32.5 Å². The zero-order valence-electron chi connectivity index (χ0n) is 19.4. The second-order valence-corrected chi connectivity index (χ2v) is 7.90. The average Bonchev–Trinajstić information content (AvgIpc) is 2.82. The van der Waals surface area contributed by atoms with Gasteiger partial charge in [0.05, 0.1) is 18.1 Å². The van der Waals surface area contributed by atoms with Crippen LogP contribution < -0.4 is 15.4 Å². The molecule has 0 aromatic carbocycles. The van der Waals surface area contributed by atoms with Crippen LogP contribution in [0.25, 0.3) is 0 Å². The van der Waals surface area contributed by atoms with Crippen molar-refractivity contribution < 1.29 is 37.1 Å². The molecule has 0 atom stereocenters. The Labute approximate surface area is 203 Å². The summed E-state index contributed by atoms with van der Waals surface area (Å²) in [5.74, 6) is -1.42. The molecule has 0 spiro atoms. The van der Waals surface area contributed by atoms with E-state index in [4.69, 9.17) is 19.9 Å². The van der Waals surface area contributed by atoms with Gasteiger partial charge in [-0.15, -0.1) is 0 Å². The molecule has 1 saturated heterocycles. The lowest BCUT2D eigenvalue weighted by Gasteiger charge is -2.24. The number of rotatable bonds is 10. The Hall–Kier alpha value is -3.75. The fourth-order valence-corrected chi connectivity index (χ4v) is 3.48. The number of nitrogens with two attached hydrogens (primary N) is 1. The zero-order chi connectivity index (χ0) is 26.3. The molecule has 36 heavy (non-hydrogen) atoms. The van der Waals surface area contributed by atoms with Crippen LogP contribution in [0, 0.1) is 16.0 Å². The topological polar surface area (TPSA) is 156 Å². The maximum absolute atomic E-state index is 12.9. The molecule has 0 unspecified atom stereocenters. The van der Waals surface area contributed by atoms with Crippen molar-refractivity contribution in [1.82, 2.24) is 15.0 Å². The molecule has 0 radical (unpaired) electrons. The van der Waals surface area contributed by atoms with Gasteiger partial charge in [-0.1, -0.05) is 6.07 Å². The number of pyridine rings is 1. The standard InChI is InChI=1S/C21H25F3N6O6/c1-2-35-16(31)11-29(10-14-3-4-15(26-9-14)21(22,23)24)19-17(30(32)33)18(25)27-20(28-19)36-12-13-5-7-34-8-6-13/h3-4,9,13H,2,5-8,10-12H2,1H3,(H2,25,27,28). The van der Waals surface area contributed by atoms with Crippen molar-refractivity contribution in [1.29, 1.82) is 0 Å². The highest BCUT2D eigenvalue weighted by molar-refractivity contribution is 5.78. The highest BCUT2D eigenvalue weighted by Gasteiger charge is 2.33. The van der Waals surface area contributed by atoms with Crippen LogP contribution in [0.15, 0.2) is 18.3 Å². The third kappa shape index (κ3) is 7.13. The molecule has 1 aliphatic rings. The molecule has 0 amide bonds. The number of ether oxygens (including phenoxy) is 3. The predicted octanol–water partition coefficient (Wildman–Crippen LogP) is 2.76. The molecule has 15 heteroatoms. The lowest BCUT2D eigenvalue weighted by molar-refractivity contribution is -0.383.